The molecule has 0 radical (unpaired) electrons. The number of benzene rings is 1. The molecule has 5 heteroatoms. The molecule has 0 amide bonds. The molecule has 1 aromatic carbocycles. The van der Waals surface area contributed by atoms with Crippen LogP contribution in [0.5, 0.6) is 0 Å². The Balaban J connectivity index is 3.68. The summed E-state index contributed by atoms with van der Waals surface area (Å²) in [6.07, 6.45) is -0.867. The highest BCUT2D eigenvalue weighted by atomic mass is 16.4. The quantitative estimate of drug-likeness (QED) is 0.745. The van der Waals surface area contributed by atoms with Crippen LogP contribution in [0.1, 0.15) is 60.4 Å². The second-order valence-corrected chi connectivity index (χ2v) is 5.01. The highest BCUT2D eigenvalue weighted by Crippen LogP contribution is 2.37. The second-order valence-electron chi connectivity index (χ2n) is 5.01. The monoisotopic (exact) mass is 281 g/mol. The average Bonchev–Trinajstić information content (AvgIpc) is 2.43. The molecule has 1 aromatic rings. The minimum absolute atomic E-state index is 0.0486. The summed E-state index contributed by atoms with van der Waals surface area (Å²) in [5.41, 5.74) is 1.60. The zero-order valence-corrected chi connectivity index (χ0v) is 12.4. The van der Waals surface area contributed by atoms with Crippen molar-refractivity contribution in [1.29, 1.82) is 0 Å². The van der Waals surface area contributed by atoms with Gasteiger partial charge >= 0.3 is 5.97 Å². The first-order chi connectivity index (χ1) is 9.34. The van der Waals surface area contributed by atoms with E-state index in [2.05, 4.69) is 0 Å². The van der Waals surface area contributed by atoms with Gasteiger partial charge in [-0.3, -0.25) is 0 Å². The first-order valence-electron chi connectivity index (χ1n) is 6.78. The lowest BCUT2D eigenvalue weighted by atomic mass is 9.89. The number of nitrogens with zero attached hydrogens (tertiary/aromatic N) is 1. The van der Waals surface area contributed by atoms with Gasteiger partial charge in [0.25, 0.3) is 0 Å². The van der Waals surface area contributed by atoms with Gasteiger partial charge in [-0.25, -0.2) is 4.79 Å². The molecule has 0 aliphatic heterocycles. The minimum Gasteiger partial charge on any atom is -0.478 e. The van der Waals surface area contributed by atoms with E-state index in [0.29, 0.717) is 24.0 Å². The van der Waals surface area contributed by atoms with E-state index in [1.807, 2.05) is 25.9 Å². The molecule has 1 rings (SSSR count). The molecule has 2 atom stereocenters. The van der Waals surface area contributed by atoms with Crippen LogP contribution in [0.4, 0.5) is 5.69 Å². The van der Waals surface area contributed by atoms with Crippen LogP contribution in [0.25, 0.3) is 0 Å². The zero-order valence-electron chi connectivity index (χ0n) is 12.4. The minimum atomic E-state index is -1.10. The Morgan fingerprint density at radius 2 is 1.60 bits per heavy atom. The number of aliphatic hydroxyl groups is 2. The van der Waals surface area contributed by atoms with Crippen LogP contribution in [0, 0.1) is 0 Å². The summed E-state index contributed by atoms with van der Waals surface area (Å²) in [5, 5.41) is 29.8. The molecule has 0 aliphatic rings. The number of aromatic carboxylic acids is 1. The molecule has 2 unspecified atom stereocenters. The fourth-order valence-electron chi connectivity index (χ4n) is 2.32. The lowest BCUT2D eigenvalue weighted by Gasteiger charge is -2.26. The molecule has 5 nitrogen and oxygen atoms in total. The fourth-order valence-corrected chi connectivity index (χ4v) is 2.32. The van der Waals surface area contributed by atoms with E-state index in [4.69, 9.17) is 0 Å². The van der Waals surface area contributed by atoms with Crippen molar-refractivity contribution < 1.29 is 20.1 Å². The van der Waals surface area contributed by atoms with Gasteiger partial charge in [0.05, 0.1) is 17.8 Å². The molecular weight excluding hydrogens is 258 g/mol. The SMILES string of the molecule is CCC(O)c1c(C(=O)O)ccc(N(C)C)c1C(O)CC. The van der Waals surface area contributed by atoms with Crippen LogP contribution in [0.2, 0.25) is 0 Å². The maximum Gasteiger partial charge on any atom is 0.336 e. The molecule has 0 aliphatic carbocycles. The third-order valence-electron chi connectivity index (χ3n) is 3.42. The summed E-state index contributed by atoms with van der Waals surface area (Å²) in [5.74, 6) is -1.10. The normalized spacial score (nSPS) is 13.9. The number of carboxylic acid groups (broad SMARTS) is 1. The van der Waals surface area contributed by atoms with Crippen molar-refractivity contribution >= 4 is 11.7 Å². The standard InChI is InChI=1S/C15H23NO4/c1-5-11(17)13-9(15(19)20)7-8-10(16(3)4)14(13)12(18)6-2/h7-8,11-12,17-18H,5-6H2,1-4H3,(H,19,20). The van der Waals surface area contributed by atoms with E-state index >= 15 is 0 Å². The largest absolute Gasteiger partial charge is 0.478 e. The maximum absolute atomic E-state index is 11.4. The molecule has 0 saturated carbocycles. The summed E-state index contributed by atoms with van der Waals surface area (Å²) < 4.78 is 0. The Hall–Kier alpha value is -1.59. The van der Waals surface area contributed by atoms with E-state index in [0.717, 1.165) is 5.69 Å². The highest BCUT2D eigenvalue weighted by molar-refractivity contribution is 5.91. The predicted octanol–water partition coefficient (Wildman–Crippen LogP) is 2.34. The van der Waals surface area contributed by atoms with Crippen molar-refractivity contribution in [2.24, 2.45) is 0 Å². The topological polar surface area (TPSA) is 81.0 Å². The molecule has 3 N–H and O–H groups in total. The van der Waals surface area contributed by atoms with Crippen molar-refractivity contribution in [2.45, 2.75) is 38.9 Å². The Kier molecular flexibility index (Phi) is 5.53. The molecular formula is C15H23NO4. The van der Waals surface area contributed by atoms with Gasteiger partial charge in [0.1, 0.15) is 0 Å². The average molecular weight is 281 g/mol. The van der Waals surface area contributed by atoms with Crippen LogP contribution in [-0.2, 0) is 0 Å². The first kappa shape index (κ1) is 16.5. The molecule has 0 saturated heterocycles. The van der Waals surface area contributed by atoms with Crippen molar-refractivity contribution in [2.75, 3.05) is 19.0 Å². The van der Waals surface area contributed by atoms with Gasteiger partial charge in [0.2, 0.25) is 0 Å². The maximum atomic E-state index is 11.4. The Morgan fingerprint density at radius 3 is 2.00 bits per heavy atom. The molecule has 0 aromatic heterocycles. The number of anilines is 1. The van der Waals surface area contributed by atoms with Crippen LogP contribution in [0.3, 0.4) is 0 Å². The van der Waals surface area contributed by atoms with E-state index in [1.54, 1.807) is 13.0 Å². The Labute approximate surface area is 119 Å². The van der Waals surface area contributed by atoms with Crippen molar-refractivity contribution in [1.82, 2.24) is 0 Å². The Bertz CT molecular complexity index is 485. The number of hydrogen-bond acceptors (Lipinski definition) is 4. The van der Waals surface area contributed by atoms with Crippen molar-refractivity contribution in [3.8, 4) is 0 Å². The van der Waals surface area contributed by atoms with Crippen LogP contribution < -0.4 is 4.90 Å². The summed E-state index contributed by atoms with van der Waals surface area (Å²) in [4.78, 5) is 13.2. The van der Waals surface area contributed by atoms with Crippen molar-refractivity contribution in [3.05, 3.63) is 28.8 Å². The summed E-state index contributed by atoms with van der Waals surface area (Å²) in [6, 6.07) is 3.15. The van der Waals surface area contributed by atoms with E-state index < -0.39 is 18.2 Å². The van der Waals surface area contributed by atoms with Crippen LogP contribution in [-0.4, -0.2) is 35.4 Å². The van der Waals surface area contributed by atoms with Gasteiger partial charge in [-0.1, -0.05) is 13.8 Å². The first-order valence-corrected chi connectivity index (χ1v) is 6.78. The molecule has 112 valence electrons. The van der Waals surface area contributed by atoms with Gasteiger partial charge in [-0.05, 0) is 25.0 Å². The molecule has 0 bridgehead atoms. The lowest BCUT2D eigenvalue weighted by Crippen LogP contribution is -2.19. The third kappa shape index (κ3) is 3.11. The predicted molar refractivity (Wildman–Crippen MR) is 78.2 cm³/mol. The molecule has 20 heavy (non-hydrogen) atoms. The van der Waals surface area contributed by atoms with Crippen LogP contribution in [0.15, 0.2) is 12.1 Å². The van der Waals surface area contributed by atoms with E-state index in [1.165, 1.54) is 6.07 Å². The highest BCUT2D eigenvalue weighted by Gasteiger charge is 2.26. The van der Waals surface area contributed by atoms with E-state index in [-0.39, 0.29) is 5.56 Å². The summed E-state index contributed by atoms with van der Waals surface area (Å²) in [6.45, 7) is 3.60. The summed E-state index contributed by atoms with van der Waals surface area (Å²) in [7, 11) is 3.65. The number of rotatable bonds is 6. The van der Waals surface area contributed by atoms with Crippen LogP contribution >= 0.6 is 0 Å². The molecule has 0 heterocycles. The molecule has 0 fully saturated rings. The van der Waals surface area contributed by atoms with Gasteiger partial charge in [0.15, 0.2) is 0 Å². The van der Waals surface area contributed by atoms with E-state index in [9.17, 15) is 20.1 Å². The third-order valence-corrected chi connectivity index (χ3v) is 3.42. The van der Waals surface area contributed by atoms with Gasteiger partial charge < -0.3 is 20.2 Å². The molecule has 0 spiro atoms. The number of carbonyl (C=O) groups is 1. The number of aliphatic hydroxyl groups excluding tert-OH is 2. The van der Waals surface area contributed by atoms with Gasteiger partial charge in [-0.15, -0.1) is 0 Å². The van der Waals surface area contributed by atoms with Crippen molar-refractivity contribution in [3.63, 3.8) is 0 Å². The smallest absolute Gasteiger partial charge is 0.336 e. The van der Waals surface area contributed by atoms with Gasteiger partial charge in [0, 0.05) is 30.9 Å². The number of carboxylic acids is 1. The summed E-state index contributed by atoms with van der Waals surface area (Å²) >= 11 is 0. The fraction of sp³-hybridized carbons (Fsp3) is 0.533. The Morgan fingerprint density at radius 1 is 1.10 bits per heavy atom. The number of hydrogen-bond donors (Lipinski definition) is 3. The zero-order chi connectivity index (χ0) is 15.4. The second kappa shape index (κ2) is 6.72. The van der Waals surface area contributed by atoms with Gasteiger partial charge in [-0.2, -0.15) is 0 Å². The lowest BCUT2D eigenvalue weighted by molar-refractivity contribution is 0.0687.